The van der Waals surface area contributed by atoms with E-state index in [9.17, 15) is 0 Å². The minimum atomic E-state index is 0.630. The standard InChI is InChI=1S/C16H15BrO/c17-16-10-8-15(9-11-16)13-18-12-4-7-14-5-2-1-3-6-14/h1-11H,12-13H2. The Morgan fingerprint density at radius 3 is 2.39 bits per heavy atom. The highest BCUT2D eigenvalue weighted by Crippen LogP contribution is 2.11. The van der Waals surface area contributed by atoms with Crippen molar-refractivity contribution in [2.75, 3.05) is 6.61 Å². The first-order chi connectivity index (χ1) is 8.84. The molecule has 2 aromatic rings. The zero-order chi connectivity index (χ0) is 12.6. The fourth-order valence-electron chi connectivity index (χ4n) is 1.57. The maximum Gasteiger partial charge on any atom is 0.0721 e. The molecule has 2 rings (SSSR count). The van der Waals surface area contributed by atoms with Crippen LogP contribution in [0.4, 0.5) is 0 Å². The average Bonchev–Trinajstić information content (AvgIpc) is 2.42. The number of hydrogen-bond donors (Lipinski definition) is 0. The van der Waals surface area contributed by atoms with E-state index in [2.05, 4.69) is 46.3 Å². The van der Waals surface area contributed by atoms with Crippen LogP contribution in [0.1, 0.15) is 11.1 Å². The molecule has 0 fully saturated rings. The lowest BCUT2D eigenvalue weighted by Gasteiger charge is -2.01. The predicted molar refractivity (Wildman–Crippen MR) is 79.3 cm³/mol. The van der Waals surface area contributed by atoms with Crippen LogP contribution in [-0.2, 0) is 11.3 Å². The highest BCUT2D eigenvalue weighted by molar-refractivity contribution is 9.10. The Bertz CT molecular complexity index is 488. The van der Waals surface area contributed by atoms with E-state index >= 15 is 0 Å². The Morgan fingerprint density at radius 1 is 0.944 bits per heavy atom. The SMILES string of the molecule is Brc1ccc(COCC=Cc2ccccc2)cc1. The van der Waals surface area contributed by atoms with Crippen LogP contribution in [0.25, 0.3) is 6.08 Å². The van der Waals surface area contributed by atoms with Crippen LogP contribution in [0.15, 0.2) is 65.1 Å². The van der Waals surface area contributed by atoms with Gasteiger partial charge in [0, 0.05) is 4.47 Å². The summed E-state index contributed by atoms with van der Waals surface area (Å²) in [6.07, 6.45) is 4.11. The van der Waals surface area contributed by atoms with Gasteiger partial charge in [0.25, 0.3) is 0 Å². The lowest BCUT2D eigenvalue weighted by molar-refractivity contribution is 0.149. The number of hydrogen-bond acceptors (Lipinski definition) is 1. The topological polar surface area (TPSA) is 9.23 Å². The first-order valence-corrected chi connectivity index (χ1v) is 6.68. The van der Waals surface area contributed by atoms with Crippen LogP contribution < -0.4 is 0 Å². The molecular formula is C16H15BrO. The molecule has 0 aromatic heterocycles. The molecule has 2 heteroatoms. The van der Waals surface area contributed by atoms with Crippen LogP contribution in [-0.4, -0.2) is 6.61 Å². The third-order valence-corrected chi connectivity index (χ3v) is 3.03. The van der Waals surface area contributed by atoms with E-state index in [-0.39, 0.29) is 0 Å². The molecule has 0 aliphatic heterocycles. The third kappa shape index (κ3) is 4.47. The molecule has 0 amide bonds. The zero-order valence-electron chi connectivity index (χ0n) is 10.1. The summed E-state index contributed by atoms with van der Waals surface area (Å²) in [5.41, 5.74) is 2.39. The van der Waals surface area contributed by atoms with Crippen molar-refractivity contribution in [1.29, 1.82) is 0 Å². The molecule has 0 aliphatic rings. The summed E-state index contributed by atoms with van der Waals surface area (Å²) in [6.45, 7) is 1.28. The Balaban J connectivity index is 1.73. The average molecular weight is 303 g/mol. The van der Waals surface area contributed by atoms with Crippen LogP contribution in [0.2, 0.25) is 0 Å². The summed E-state index contributed by atoms with van der Waals surface area (Å²) in [6, 6.07) is 18.4. The zero-order valence-corrected chi connectivity index (χ0v) is 11.6. The van der Waals surface area contributed by atoms with Gasteiger partial charge in [0.1, 0.15) is 0 Å². The molecule has 1 nitrogen and oxygen atoms in total. The first kappa shape index (κ1) is 13.1. The Hall–Kier alpha value is -1.38. The van der Waals surface area contributed by atoms with Crippen molar-refractivity contribution in [2.45, 2.75) is 6.61 Å². The van der Waals surface area contributed by atoms with Crippen LogP contribution >= 0.6 is 15.9 Å². The maximum atomic E-state index is 5.58. The van der Waals surface area contributed by atoms with E-state index < -0.39 is 0 Å². The van der Waals surface area contributed by atoms with Crippen molar-refractivity contribution in [3.05, 3.63) is 76.3 Å². The van der Waals surface area contributed by atoms with Crippen LogP contribution in [0.5, 0.6) is 0 Å². The normalized spacial score (nSPS) is 10.9. The second-order valence-electron chi connectivity index (χ2n) is 3.95. The number of halogens is 1. The summed E-state index contributed by atoms with van der Waals surface area (Å²) in [7, 11) is 0. The fraction of sp³-hybridized carbons (Fsp3) is 0.125. The molecule has 0 aliphatic carbocycles. The van der Waals surface area contributed by atoms with Gasteiger partial charge in [-0.2, -0.15) is 0 Å². The second-order valence-corrected chi connectivity index (χ2v) is 4.87. The summed E-state index contributed by atoms with van der Waals surface area (Å²) >= 11 is 3.41. The minimum Gasteiger partial charge on any atom is -0.373 e. The number of benzene rings is 2. The maximum absolute atomic E-state index is 5.58. The van der Waals surface area contributed by atoms with Crippen molar-refractivity contribution >= 4 is 22.0 Å². The summed E-state index contributed by atoms with van der Waals surface area (Å²) < 4.78 is 6.67. The van der Waals surface area contributed by atoms with E-state index in [1.54, 1.807) is 0 Å². The van der Waals surface area contributed by atoms with E-state index in [1.807, 2.05) is 36.4 Å². The molecule has 0 saturated heterocycles. The molecule has 0 spiro atoms. The van der Waals surface area contributed by atoms with Crippen LogP contribution in [0.3, 0.4) is 0 Å². The molecular weight excluding hydrogens is 288 g/mol. The van der Waals surface area contributed by atoms with E-state index in [4.69, 9.17) is 4.74 Å². The van der Waals surface area contributed by atoms with Gasteiger partial charge in [0.15, 0.2) is 0 Å². The smallest absolute Gasteiger partial charge is 0.0721 e. The van der Waals surface area contributed by atoms with Gasteiger partial charge in [-0.3, -0.25) is 0 Å². The predicted octanol–water partition coefficient (Wildman–Crippen LogP) is 4.68. The van der Waals surface area contributed by atoms with Crippen molar-refractivity contribution in [3.63, 3.8) is 0 Å². The third-order valence-electron chi connectivity index (χ3n) is 2.51. The van der Waals surface area contributed by atoms with Gasteiger partial charge in [0.05, 0.1) is 13.2 Å². The first-order valence-electron chi connectivity index (χ1n) is 5.88. The quantitative estimate of drug-likeness (QED) is 0.729. The van der Waals surface area contributed by atoms with Crippen molar-refractivity contribution in [2.24, 2.45) is 0 Å². The van der Waals surface area contributed by atoms with Crippen LogP contribution in [0, 0.1) is 0 Å². The van der Waals surface area contributed by atoms with Gasteiger partial charge in [-0.25, -0.2) is 0 Å². The monoisotopic (exact) mass is 302 g/mol. The molecule has 92 valence electrons. The molecule has 0 atom stereocenters. The Kier molecular flexibility index (Phi) is 5.18. The lowest BCUT2D eigenvalue weighted by Crippen LogP contribution is -1.92. The molecule has 18 heavy (non-hydrogen) atoms. The van der Waals surface area contributed by atoms with E-state index in [1.165, 1.54) is 11.1 Å². The molecule has 0 unspecified atom stereocenters. The van der Waals surface area contributed by atoms with Gasteiger partial charge in [-0.05, 0) is 23.3 Å². The summed E-state index contributed by atoms with van der Waals surface area (Å²) in [4.78, 5) is 0. The summed E-state index contributed by atoms with van der Waals surface area (Å²) in [5, 5.41) is 0. The molecule has 0 N–H and O–H groups in total. The number of rotatable bonds is 5. The van der Waals surface area contributed by atoms with E-state index in [0.29, 0.717) is 13.2 Å². The lowest BCUT2D eigenvalue weighted by atomic mass is 10.2. The summed E-state index contributed by atoms with van der Waals surface area (Å²) in [5.74, 6) is 0. The highest BCUT2D eigenvalue weighted by Gasteiger charge is 1.92. The Labute approximate surface area is 116 Å². The van der Waals surface area contributed by atoms with Gasteiger partial charge in [0.2, 0.25) is 0 Å². The van der Waals surface area contributed by atoms with Gasteiger partial charge in [-0.15, -0.1) is 0 Å². The molecule has 0 bridgehead atoms. The fourth-order valence-corrected chi connectivity index (χ4v) is 1.84. The van der Waals surface area contributed by atoms with Gasteiger partial charge < -0.3 is 4.74 Å². The minimum absolute atomic E-state index is 0.630. The van der Waals surface area contributed by atoms with E-state index in [0.717, 1.165) is 4.47 Å². The largest absolute Gasteiger partial charge is 0.373 e. The van der Waals surface area contributed by atoms with Gasteiger partial charge in [-0.1, -0.05) is 70.5 Å². The Morgan fingerprint density at radius 2 is 1.67 bits per heavy atom. The molecule has 0 saturated carbocycles. The van der Waals surface area contributed by atoms with Gasteiger partial charge >= 0.3 is 0 Å². The van der Waals surface area contributed by atoms with Crippen molar-refractivity contribution in [1.82, 2.24) is 0 Å². The number of ether oxygens (including phenoxy) is 1. The molecule has 0 radical (unpaired) electrons. The molecule has 2 aromatic carbocycles. The van der Waals surface area contributed by atoms with Crippen molar-refractivity contribution in [3.8, 4) is 0 Å². The second kappa shape index (κ2) is 7.14. The molecule has 0 heterocycles. The highest BCUT2D eigenvalue weighted by atomic mass is 79.9. The van der Waals surface area contributed by atoms with Crippen molar-refractivity contribution < 1.29 is 4.74 Å².